The van der Waals surface area contributed by atoms with Crippen molar-refractivity contribution < 1.29 is 0 Å². The Morgan fingerprint density at radius 1 is 1.31 bits per heavy atom. The van der Waals surface area contributed by atoms with Crippen molar-refractivity contribution in [2.45, 2.75) is 6.04 Å². The third kappa shape index (κ3) is 2.31. The van der Waals surface area contributed by atoms with E-state index in [0.717, 1.165) is 19.9 Å². The molecule has 0 bridgehead atoms. The van der Waals surface area contributed by atoms with Crippen molar-refractivity contribution in [3.8, 4) is 0 Å². The van der Waals surface area contributed by atoms with Crippen LogP contribution in [-0.2, 0) is 0 Å². The summed E-state index contributed by atoms with van der Waals surface area (Å²) >= 11 is 11.2. The lowest BCUT2D eigenvalue weighted by Crippen LogP contribution is -2.28. The zero-order valence-electron chi connectivity index (χ0n) is 8.28. The topological polar surface area (TPSA) is 38.0 Å². The van der Waals surface area contributed by atoms with Gasteiger partial charge in [0.25, 0.3) is 0 Å². The largest absolute Gasteiger partial charge is 0.271 e. The lowest BCUT2D eigenvalue weighted by Gasteiger charge is -2.16. The minimum absolute atomic E-state index is 0.0805. The maximum absolute atomic E-state index is 6.12. The molecule has 5 heteroatoms. The van der Waals surface area contributed by atoms with Gasteiger partial charge in [-0.15, -0.1) is 11.3 Å². The van der Waals surface area contributed by atoms with E-state index in [0.29, 0.717) is 0 Å². The average molecular weight is 318 g/mol. The maximum atomic E-state index is 6.12. The van der Waals surface area contributed by atoms with Gasteiger partial charge in [0.2, 0.25) is 0 Å². The van der Waals surface area contributed by atoms with Crippen LogP contribution in [0.15, 0.2) is 40.2 Å². The number of halogens is 2. The minimum Gasteiger partial charge on any atom is -0.271 e. The monoisotopic (exact) mass is 316 g/mol. The summed E-state index contributed by atoms with van der Waals surface area (Å²) in [7, 11) is 0. The summed E-state index contributed by atoms with van der Waals surface area (Å²) in [5.74, 6) is 5.61. The molecular weight excluding hydrogens is 308 g/mol. The van der Waals surface area contributed by atoms with Gasteiger partial charge in [0.1, 0.15) is 0 Å². The number of nitrogens with two attached hydrogens (primary N) is 1. The summed E-state index contributed by atoms with van der Waals surface area (Å²) < 4.78 is 1.02. The summed E-state index contributed by atoms with van der Waals surface area (Å²) in [5, 5.41) is 2.70. The fraction of sp³-hybridized carbons (Fsp3) is 0.0909. The molecule has 2 nitrogen and oxygen atoms in total. The first-order chi connectivity index (χ1) is 7.74. The van der Waals surface area contributed by atoms with Crippen molar-refractivity contribution in [2.24, 2.45) is 5.84 Å². The van der Waals surface area contributed by atoms with E-state index in [2.05, 4.69) is 21.4 Å². The molecule has 1 unspecified atom stereocenters. The van der Waals surface area contributed by atoms with Gasteiger partial charge in [0.15, 0.2) is 0 Å². The summed E-state index contributed by atoms with van der Waals surface area (Å²) in [4.78, 5) is 1.02. The maximum Gasteiger partial charge on any atom is 0.0828 e. The van der Waals surface area contributed by atoms with Crippen LogP contribution in [0.25, 0.3) is 0 Å². The summed E-state index contributed by atoms with van der Waals surface area (Å²) in [5.41, 5.74) is 3.88. The van der Waals surface area contributed by atoms with Crippen LogP contribution in [0.1, 0.15) is 16.5 Å². The Kier molecular flexibility index (Phi) is 4.00. The molecular formula is C11H10BrClN2S. The molecule has 0 aliphatic heterocycles. The van der Waals surface area contributed by atoms with Crippen molar-refractivity contribution in [1.29, 1.82) is 0 Å². The van der Waals surface area contributed by atoms with Gasteiger partial charge >= 0.3 is 0 Å². The predicted molar refractivity (Wildman–Crippen MR) is 72.6 cm³/mol. The molecule has 0 radical (unpaired) electrons. The van der Waals surface area contributed by atoms with E-state index >= 15 is 0 Å². The molecule has 0 fully saturated rings. The van der Waals surface area contributed by atoms with E-state index in [1.165, 1.54) is 0 Å². The highest BCUT2D eigenvalue weighted by atomic mass is 79.9. The van der Waals surface area contributed by atoms with Gasteiger partial charge in [0, 0.05) is 9.35 Å². The van der Waals surface area contributed by atoms with Crippen LogP contribution in [0, 0.1) is 0 Å². The van der Waals surface area contributed by atoms with Crippen molar-refractivity contribution in [3.05, 3.63) is 55.6 Å². The Morgan fingerprint density at radius 2 is 2.06 bits per heavy atom. The molecule has 1 heterocycles. The Labute approximate surface area is 112 Å². The van der Waals surface area contributed by atoms with Gasteiger partial charge in [-0.2, -0.15) is 0 Å². The van der Waals surface area contributed by atoms with Gasteiger partial charge < -0.3 is 0 Å². The molecule has 0 spiro atoms. The Bertz CT molecular complexity index is 486. The van der Waals surface area contributed by atoms with Crippen LogP contribution in [0.3, 0.4) is 0 Å². The second kappa shape index (κ2) is 5.29. The number of thiophene rings is 1. The molecule has 0 aliphatic carbocycles. The number of rotatable bonds is 3. The molecule has 2 aromatic rings. The van der Waals surface area contributed by atoms with Crippen LogP contribution in [-0.4, -0.2) is 0 Å². The quantitative estimate of drug-likeness (QED) is 0.669. The Balaban J connectivity index is 2.45. The van der Waals surface area contributed by atoms with Gasteiger partial charge in [-0.25, -0.2) is 5.43 Å². The number of hydrazine groups is 1. The highest BCUT2D eigenvalue weighted by molar-refractivity contribution is 9.10. The van der Waals surface area contributed by atoms with Crippen LogP contribution >= 0.6 is 38.9 Å². The third-order valence-electron chi connectivity index (χ3n) is 2.29. The third-order valence-corrected chi connectivity index (χ3v) is 4.44. The van der Waals surface area contributed by atoms with Gasteiger partial charge in [-0.1, -0.05) is 45.7 Å². The van der Waals surface area contributed by atoms with Crippen LogP contribution in [0.2, 0.25) is 5.02 Å². The zero-order valence-corrected chi connectivity index (χ0v) is 11.4. The molecule has 0 saturated carbocycles. The predicted octanol–water partition coefficient (Wildman–Crippen LogP) is 3.72. The number of hydrogen-bond donors (Lipinski definition) is 2. The lowest BCUT2D eigenvalue weighted by molar-refractivity contribution is 0.644. The van der Waals surface area contributed by atoms with Crippen LogP contribution < -0.4 is 11.3 Å². The van der Waals surface area contributed by atoms with Gasteiger partial charge in [0.05, 0.1) is 11.1 Å². The van der Waals surface area contributed by atoms with Gasteiger partial charge in [-0.3, -0.25) is 5.84 Å². The fourth-order valence-electron chi connectivity index (χ4n) is 1.53. The summed E-state index contributed by atoms with van der Waals surface area (Å²) in [6.45, 7) is 0. The first-order valence-electron chi connectivity index (χ1n) is 4.67. The molecule has 3 N–H and O–H groups in total. The lowest BCUT2D eigenvalue weighted by atomic mass is 10.1. The fourth-order valence-corrected chi connectivity index (χ4v) is 3.28. The second-order valence-corrected chi connectivity index (χ2v) is 5.46. The Hall–Kier alpha value is -0.390. The average Bonchev–Trinajstić information content (AvgIpc) is 2.69. The number of benzene rings is 1. The van der Waals surface area contributed by atoms with Crippen LogP contribution in [0.5, 0.6) is 0 Å². The Morgan fingerprint density at radius 3 is 2.62 bits per heavy atom. The summed E-state index contributed by atoms with van der Waals surface area (Å²) in [6.07, 6.45) is 0. The van der Waals surface area contributed by atoms with Crippen LogP contribution in [0.4, 0.5) is 0 Å². The first kappa shape index (κ1) is 12.1. The normalized spacial score (nSPS) is 12.7. The van der Waals surface area contributed by atoms with E-state index in [9.17, 15) is 0 Å². The highest BCUT2D eigenvalue weighted by Gasteiger charge is 2.18. The van der Waals surface area contributed by atoms with Crippen molar-refractivity contribution in [1.82, 2.24) is 5.43 Å². The molecule has 16 heavy (non-hydrogen) atoms. The zero-order chi connectivity index (χ0) is 11.5. The highest BCUT2D eigenvalue weighted by Crippen LogP contribution is 2.35. The summed E-state index contributed by atoms with van der Waals surface area (Å²) in [6, 6.07) is 9.75. The van der Waals surface area contributed by atoms with E-state index < -0.39 is 0 Å². The van der Waals surface area contributed by atoms with E-state index in [-0.39, 0.29) is 6.04 Å². The van der Waals surface area contributed by atoms with Crippen molar-refractivity contribution in [3.63, 3.8) is 0 Å². The van der Waals surface area contributed by atoms with E-state index in [1.807, 2.05) is 35.7 Å². The molecule has 2 rings (SSSR count). The molecule has 0 saturated heterocycles. The van der Waals surface area contributed by atoms with Crippen molar-refractivity contribution >= 4 is 38.9 Å². The molecule has 1 aromatic heterocycles. The first-order valence-corrected chi connectivity index (χ1v) is 6.72. The molecule has 0 aliphatic rings. The van der Waals surface area contributed by atoms with Gasteiger partial charge in [-0.05, 0) is 23.1 Å². The smallest absolute Gasteiger partial charge is 0.0828 e. The molecule has 84 valence electrons. The second-order valence-electron chi connectivity index (χ2n) is 3.25. The van der Waals surface area contributed by atoms with E-state index in [1.54, 1.807) is 11.3 Å². The molecule has 1 aromatic carbocycles. The molecule has 1 atom stereocenters. The van der Waals surface area contributed by atoms with E-state index in [4.69, 9.17) is 17.4 Å². The minimum atomic E-state index is -0.0805. The SMILES string of the molecule is NNC(c1ccccc1Br)c1sccc1Cl. The molecule has 0 amide bonds. The van der Waals surface area contributed by atoms with Crippen molar-refractivity contribution in [2.75, 3.05) is 0 Å². The number of nitrogens with one attached hydrogen (secondary N) is 1. The standard InChI is InChI=1S/C11H10BrClN2S/c12-8-4-2-1-3-7(8)10(15-14)11-9(13)5-6-16-11/h1-6,10,15H,14H2. The number of hydrogen-bond acceptors (Lipinski definition) is 3.